The highest BCUT2D eigenvalue weighted by Gasteiger charge is 2.35. The summed E-state index contributed by atoms with van der Waals surface area (Å²) < 4.78 is 5.87. The first-order chi connectivity index (χ1) is 12.2. The first-order valence-electron chi connectivity index (χ1n) is 9.07. The molecule has 2 aromatic carbocycles. The van der Waals surface area contributed by atoms with E-state index in [0.717, 1.165) is 26.2 Å². The molecule has 25 heavy (non-hydrogen) atoms. The van der Waals surface area contributed by atoms with Gasteiger partial charge in [0.25, 0.3) is 0 Å². The van der Waals surface area contributed by atoms with Gasteiger partial charge in [0.05, 0.1) is 19.3 Å². The van der Waals surface area contributed by atoms with Crippen molar-refractivity contribution in [3.63, 3.8) is 0 Å². The van der Waals surface area contributed by atoms with Gasteiger partial charge in [-0.3, -0.25) is 4.90 Å². The summed E-state index contributed by atoms with van der Waals surface area (Å²) >= 11 is 0. The van der Waals surface area contributed by atoms with Crippen LogP contribution in [-0.4, -0.2) is 44.3 Å². The summed E-state index contributed by atoms with van der Waals surface area (Å²) in [5.41, 5.74) is 5.50. The van der Waals surface area contributed by atoms with Gasteiger partial charge in [-0.15, -0.1) is 0 Å². The summed E-state index contributed by atoms with van der Waals surface area (Å²) in [6.45, 7) is 2.61. The van der Waals surface area contributed by atoms with Crippen molar-refractivity contribution in [2.75, 3.05) is 32.2 Å². The molecule has 2 unspecified atom stereocenters. The molecular formula is C22H26N2O. The van der Waals surface area contributed by atoms with Gasteiger partial charge >= 0.3 is 0 Å². The van der Waals surface area contributed by atoms with Crippen molar-refractivity contribution in [3.05, 3.63) is 71.8 Å². The molecule has 0 spiro atoms. The summed E-state index contributed by atoms with van der Waals surface area (Å²) in [4.78, 5) is 4.82. The Labute approximate surface area is 150 Å². The average Bonchev–Trinajstić information content (AvgIpc) is 2.62. The highest BCUT2D eigenvalue weighted by atomic mass is 16.5. The Morgan fingerprint density at radius 2 is 1.76 bits per heavy atom. The fraction of sp³-hybridized carbons (Fsp3) is 0.364. The van der Waals surface area contributed by atoms with Crippen LogP contribution in [0.4, 0.5) is 5.69 Å². The predicted octanol–water partition coefficient (Wildman–Crippen LogP) is 3.81. The maximum absolute atomic E-state index is 5.87. The van der Waals surface area contributed by atoms with Crippen LogP contribution in [0.1, 0.15) is 17.5 Å². The minimum absolute atomic E-state index is 0.359. The van der Waals surface area contributed by atoms with Gasteiger partial charge in [0, 0.05) is 37.9 Å². The van der Waals surface area contributed by atoms with E-state index in [1.54, 1.807) is 0 Å². The molecule has 1 fully saturated rings. The van der Waals surface area contributed by atoms with E-state index in [1.807, 2.05) is 0 Å². The molecule has 0 radical (unpaired) electrons. The van der Waals surface area contributed by atoms with E-state index >= 15 is 0 Å². The molecule has 3 heteroatoms. The zero-order chi connectivity index (χ0) is 17.2. The lowest BCUT2D eigenvalue weighted by atomic mass is 9.88. The number of hydrogen-bond donors (Lipinski definition) is 0. The van der Waals surface area contributed by atoms with E-state index in [4.69, 9.17) is 4.74 Å². The molecule has 130 valence electrons. The minimum Gasteiger partial charge on any atom is -0.378 e. The van der Waals surface area contributed by atoms with Crippen LogP contribution in [0.3, 0.4) is 0 Å². The van der Waals surface area contributed by atoms with Crippen molar-refractivity contribution in [3.8, 4) is 0 Å². The van der Waals surface area contributed by atoms with E-state index in [0.29, 0.717) is 12.1 Å². The molecule has 2 atom stereocenters. The number of rotatable bonds is 4. The van der Waals surface area contributed by atoms with E-state index in [2.05, 4.69) is 84.6 Å². The predicted molar refractivity (Wildman–Crippen MR) is 104 cm³/mol. The second-order valence-corrected chi connectivity index (χ2v) is 7.22. The van der Waals surface area contributed by atoms with E-state index < -0.39 is 0 Å². The van der Waals surface area contributed by atoms with Gasteiger partial charge in [0.2, 0.25) is 0 Å². The van der Waals surface area contributed by atoms with Gasteiger partial charge in [0.1, 0.15) is 0 Å². The van der Waals surface area contributed by atoms with Crippen molar-refractivity contribution >= 4 is 11.3 Å². The molecule has 2 aliphatic rings. The van der Waals surface area contributed by atoms with Crippen LogP contribution in [-0.2, 0) is 11.3 Å². The molecule has 1 saturated heterocycles. The maximum atomic E-state index is 5.87. The Balaban J connectivity index is 1.64. The average molecular weight is 334 g/mol. The second kappa shape index (κ2) is 7.03. The molecule has 0 aliphatic carbocycles. The van der Waals surface area contributed by atoms with Crippen LogP contribution in [0.15, 0.2) is 60.7 Å². The van der Waals surface area contributed by atoms with Crippen molar-refractivity contribution in [2.45, 2.75) is 25.0 Å². The lowest BCUT2D eigenvalue weighted by Crippen LogP contribution is -2.53. The lowest BCUT2D eigenvalue weighted by molar-refractivity contribution is -0.0402. The summed E-state index contributed by atoms with van der Waals surface area (Å²) in [5.74, 6) is 0. The topological polar surface area (TPSA) is 15.7 Å². The number of hydrogen-bond acceptors (Lipinski definition) is 3. The minimum atomic E-state index is 0.359. The van der Waals surface area contributed by atoms with Gasteiger partial charge in [-0.25, -0.2) is 0 Å². The highest BCUT2D eigenvalue weighted by molar-refractivity contribution is 5.78. The zero-order valence-corrected chi connectivity index (χ0v) is 15.1. The van der Waals surface area contributed by atoms with Crippen LogP contribution in [0.2, 0.25) is 0 Å². The van der Waals surface area contributed by atoms with Crippen molar-refractivity contribution in [1.29, 1.82) is 0 Å². The summed E-state index contributed by atoms with van der Waals surface area (Å²) in [6.07, 6.45) is 3.48. The smallest absolute Gasteiger partial charge is 0.0658 e. The molecule has 2 bridgehead atoms. The number of ether oxygens (including phenoxy) is 1. The van der Waals surface area contributed by atoms with Gasteiger partial charge in [-0.1, -0.05) is 54.6 Å². The van der Waals surface area contributed by atoms with Crippen LogP contribution in [0, 0.1) is 0 Å². The number of anilines is 1. The number of fused-ring (bicyclic) bond motifs is 2. The summed E-state index contributed by atoms with van der Waals surface area (Å²) in [5, 5.41) is 0. The van der Waals surface area contributed by atoms with Gasteiger partial charge in [-0.05, 0) is 23.6 Å². The molecule has 0 aromatic heterocycles. The molecule has 0 saturated carbocycles. The number of morpholine rings is 1. The number of para-hydroxylation sites is 1. The number of benzene rings is 2. The normalized spacial score (nSPS) is 23.2. The molecule has 2 aliphatic heterocycles. The zero-order valence-electron chi connectivity index (χ0n) is 15.1. The summed E-state index contributed by atoms with van der Waals surface area (Å²) in [6, 6.07) is 20.3. The Bertz CT molecular complexity index is 754. The molecule has 2 aromatic rings. The fourth-order valence-corrected chi connectivity index (χ4v) is 4.04. The molecule has 4 rings (SSSR count). The maximum Gasteiger partial charge on any atom is 0.0658 e. The monoisotopic (exact) mass is 334 g/mol. The van der Waals surface area contributed by atoms with Crippen LogP contribution in [0.25, 0.3) is 5.57 Å². The van der Waals surface area contributed by atoms with Gasteiger partial charge < -0.3 is 9.64 Å². The Morgan fingerprint density at radius 1 is 1.00 bits per heavy atom. The molecular weight excluding hydrogens is 308 g/mol. The van der Waals surface area contributed by atoms with Crippen molar-refractivity contribution in [2.24, 2.45) is 0 Å². The first-order valence-corrected chi connectivity index (χ1v) is 9.07. The van der Waals surface area contributed by atoms with E-state index in [9.17, 15) is 0 Å². The largest absolute Gasteiger partial charge is 0.378 e. The van der Waals surface area contributed by atoms with Crippen molar-refractivity contribution in [1.82, 2.24) is 4.90 Å². The lowest BCUT2D eigenvalue weighted by Gasteiger charge is -2.45. The highest BCUT2D eigenvalue weighted by Crippen LogP contribution is 2.36. The molecule has 0 amide bonds. The van der Waals surface area contributed by atoms with Crippen LogP contribution in [0.5, 0.6) is 0 Å². The van der Waals surface area contributed by atoms with E-state index in [-0.39, 0.29) is 0 Å². The SMILES string of the molecule is CN(C)c1ccccc1C1=CC2COCC(C1)N2Cc1ccccc1. The summed E-state index contributed by atoms with van der Waals surface area (Å²) in [7, 11) is 4.24. The molecule has 3 nitrogen and oxygen atoms in total. The quantitative estimate of drug-likeness (QED) is 0.846. The third-order valence-corrected chi connectivity index (χ3v) is 5.28. The van der Waals surface area contributed by atoms with Gasteiger partial charge in [-0.2, -0.15) is 0 Å². The Hall–Kier alpha value is -2.10. The van der Waals surface area contributed by atoms with Crippen molar-refractivity contribution < 1.29 is 4.74 Å². The fourth-order valence-electron chi connectivity index (χ4n) is 4.04. The molecule has 0 N–H and O–H groups in total. The van der Waals surface area contributed by atoms with Gasteiger partial charge in [0.15, 0.2) is 0 Å². The first kappa shape index (κ1) is 16.4. The van der Waals surface area contributed by atoms with Crippen LogP contribution < -0.4 is 4.90 Å². The van der Waals surface area contributed by atoms with E-state index in [1.165, 1.54) is 22.4 Å². The Kier molecular flexibility index (Phi) is 4.60. The molecule has 2 heterocycles. The van der Waals surface area contributed by atoms with Crippen LogP contribution >= 0.6 is 0 Å². The third kappa shape index (κ3) is 3.35. The Morgan fingerprint density at radius 3 is 2.52 bits per heavy atom. The standard InChI is InChI=1S/C22H26N2O/c1-23(2)22-11-7-6-10-21(22)18-12-19-15-25-16-20(13-18)24(19)14-17-8-4-3-5-9-17/h3-12,19-20H,13-16H2,1-2H3. The third-order valence-electron chi connectivity index (χ3n) is 5.28. The second-order valence-electron chi connectivity index (χ2n) is 7.22. The number of nitrogens with zero attached hydrogens (tertiary/aromatic N) is 2.